The van der Waals surface area contributed by atoms with E-state index in [2.05, 4.69) is 40.1 Å². The molecule has 0 bridgehead atoms. The number of nitrogens with zero attached hydrogens (tertiary/aromatic N) is 2. The third kappa shape index (κ3) is 5.57. The highest BCUT2D eigenvalue weighted by atomic mass is 32.2. The van der Waals surface area contributed by atoms with Crippen molar-refractivity contribution in [2.45, 2.75) is 24.9 Å². The molecule has 6 nitrogen and oxygen atoms in total. The van der Waals surface area contributed by atoms with Gasteiger partial charge in [-0.25, -0.2) is 0 Å². The van der Waals surface area contributed by atoms with Gasteiger partial charge < -0.3 is 14.8 Å². The van der Waals surface area contributed by atoms with E-state index in [9.17, 15) is 15.2 Å². The van der Waals surface area contributed by atoms with Gasteiger partial charge in [-0.1, -0.05) is 18.2 Å². The van der Waals surface area contributed by atoms with Crippen LogP contribution < -0.4 is 0 Å². The van der Waals surface area contributed by atoms with Crippen molar-refractivity contribution in [1.29, 1.82) is 0 Å². The second-order valence-corrected chi connectivity index (χ2v) is 8.81. The average molecular weight is 397 g/mol. The number of piperidine rings is 1. The Kier molecular flexibility index (Phi) is 7.13. The van der Waals surface area contributed by atoms with Crippen LogP contribution in [0.4, 0.5) is 0 Å². The summed E-state index contributed by atoms with van der Waals surface area (Å²) in [5.74, 6) is 1.72. The van der Waals surface area contributed by atoms with Crippen molar-refractivity contribution in [1.82, 2.24) is 4.90 Å². The van der Waals surface area contributed by atoms with Gasteiger partial charge in [-0.2, -0.15) is 11.8 Å². The Morgan fingerprint density at radius 3 is 2.88 bits per heavy atom. The smallest absolute Gasteiger partial charge is 0.294 e. The normalized spacial score (nSPS) is 17.4. The zero-order valence-electron chi connectivity index (χ0n) is 14.6. The summed E-state index contributed by atoms with van der Waals surface area (Å²) in [5.41, 5.74) is 0. The first-order chi connectivity index (χ1) is 12.6. The maximum atomic E-state index is 10.2. The Morgan fingerprint density at radius 1 is 1.38 bits per heavy atom. The number of benzene rings is 1. The van der Waals surface area contributed by atoms with Crippen molar-refractivity contribution >= 4 is 33.2 Å². The van der Waals surface area contributed by atoms with Crippen LogP contribution in [0, 0.1) is 10.1 Å². The van der Waals surface area contributed by atoms with Crippen LogP contribution in [-0.4, -0.2) is 58.9 Å². The lowest BCUT2D eigenvalue weighted by molar-refractivity contribution is -0.756. The highest BCUT2D eigenvalue weighted by Gasteiger charge is 2.23. The molecular weight excluding hydrogens is 372 g/mol. The largest absolute Gasteiger partial charge is 0.391 e. The zero-order chi connectivity index (χ0) is 18.4. The number of hydrogen-bond acceptors (Lipinski definition) is 7. The molecule has 0 spiro atoms. The fourth-order valence-corrected chi connectivity index (χ4v) is 5.31. The monoisotopic (exact) mass is 396 g/mol. The number of thioether (sulfide) groups is 1. The minimum Gasteiger partial charge on any atom is -0.391 e. The van der Waals surface area contributed by atoms with Gasteiger partial charge in [0, 0.05) is 27.6 Å². The highest BCUT2D eigenvalue weighted by molar-refractivity contribution is 7.99. The topological polar surface area (TPSA) is 75.8 Å². The van der Waals surface area contributed by atoms with Crippen LogP contribution >= 0.6 is 23.1 Å². The van der Waals surface area contributed by atoms with E-state index in [4.69, 9.17) is 0 Å². The first-order valence-electron chi connectivity index (χ1n) is 8.86. The molecule has 142 valence electrons. The second-order valence-electron chi connectivity index (χ2n) is 6.55. The van der Waals surface area contributed by atoms with Crippen LogP contribution in [0.25, 0.3) is 10.1 Å². The molecule has 1 aromatic carbocycles. The molecule has 1 saturated heterocycles. The Labute approximate surface area is 161 Å². The SMILES string of the molecule is O=[N+]([O-])OCCSC[C@@H](O)CN1CCC(c2cc3ccccc3s2)CC1. The molecule has 2 heterocycles. The number of aliphatic hydroxyl groups is 1. The summed E-state index contributed by atoms with van der Waals surface area (Å²) in [4.78, 5) is 18.1. The van der Waals surface area contributed by atoms with Crippen molar-refractivity contribution in [2.75, 3.05) is 37.7 Å². The molecule has 1 aliphatic heterocycles. The van der Waals surface area contributed by atoms with Crippen LogP contribution in [0.2, 0.25) is 0 Å². The van der Waals surface area contributed by atoms with Crippen LogP contribution in [0.1, 0.15) is 23.6 Å². The van der Waals surface area contributed by atoms with Gasteiger partial charge in [0.05, 0.1) is 6.10 Å². The van der Waals surface area contributed by atoms with E-state index < -0.39 is 11.2 Å². The Hall–Kier alpha value is -1.35. The molecular formula is C18H24N2O4S2. The van der Waals surface area contributed by atoms with E-state index in [0.29, 0.717) is 24.0 Å². The third-order valence-corrected chi connectivity index (χ3v) is 6.99. The average Bonchev–Trinajstić information content (AvgIpc) is 3.06. The van der Waals surface area contributed by atoms with Gasteiger partial charge in [-0.05, 0) is 49.4 Å². The summed E-state index contributed by atoms with van der Waals surface area (Å²) in [6, 6.07) is 10.9. The van der Waals surface area contributed by atoms with Gasteiger partial charge in [0.2, 0.25) is 0 Å². The molecule has 1 atom stereocenters. The summed E-state index contributed by atoms with van der Waals surface area (Å²) >= 11 is 3.39. The van der Waals surface area contributed by atoms with Crippen molar-refractivity contribution in [2.24, 2.45) is 0 Å². The van der Waals surface area contributed by atoms with E-state index in [1.807, 2.05) is 11.3 Å². The van der Waals surface area contributed by atoms with E-state index in [1.165, 1.54) is 26.7 Å². The van der Waals surface area contributed by atoms with Crippen molar-refractivity contribution in [3.8, 4) is 0 Å². The van der Waals surface area contributed by atoms with E-state index in [0.717, 1.165) is 25.9 Å². The molecule has 1 N–H and O–H groups in total. The lowest BCUT2D eigenvalue weighted by Crippen LogP contribution is -2.39. The Balaban J connectivity index is 1.37. The predicted octanol–water partition coefficient (Wildman–Crippen LogP) is 3.38. The van der Waals surface area contributed by atoms with Crippen LogP contribution in [-0.2, 0) is 4.84 Å². The Morgan fingerprint density at radius 2 is 2.15 bits per heavy atom. The summed E-state index contributed by atoms with van der Waals surface area (Å²) < 4.78 is 1.36. The highest BCUT2D eigenvalue weighted by Crippen LogP contribution is 2.36. The lowest BCUT2D eigenvalue weighted by Gasteiger charge is -2.32. The van der Waals surface area contributed by atoms with Crippen molar-refractivity contribution in [3.05, 3.63) is 45.3 Å². The van der Waals surface area contributed by atoms with Gasteiger partial charge in [-0.15, -0.1) is 21.5 Å². The number of rotatable bonds is 9. The fraction of sp³-hybridized carbons (Fsp3) is 0.556. The minimum absolute atomic E-state index is 0.0744. The van der Waals surface area contributed by atoms with E-state index in [1.54, 1.807) is 0 Å². The maximum absolute atomic E-state index is 10.2. The van der Waals surface area contributed by atoms with Gasteiger partial charge >= 0.3 is 0 Å². The molecule has 1 aromatic heterocycles. The number of aliphatic hydroxyl groups excluding tert-OH is 1. The number of thiophene rings is 1. The Bertz CT molecular complexity index is 683. The fourth-order valence-electron chi connectivity index (χ4n) is 3.34. The summed E-state index contributed by atoms with van der Waals surface area (Å²) in [5, 5.41) is 20.8. The third-order valence-electron chi connectivity index (χ3n) is 4.64. The van der Waals surface area contributed by atoms with Crippen molar-refractivity contribution in [3.63, 3.8) is 0 Å². The number of likely N-dealkylation sites (tertiary alicyclic amines) is 1. The molecule has 3 rings (SSSR count). The molecule has 8 heteroatoms. The quantitative estimate of drug-likeness (QED) is 0.398. The van der Waals surface area contributed by atoms with Gasteiger partial charge in [-0.3, -0.25) is 0 Å². The molecule has 2 aromatic rings. The van der Waals surface area contributed by atoms with Gasteiger partial charge in [0.25, 0.3) is 5.09 Å². The predicted molar refractivity (Wildman–Crippen MR) is 107 cm³/mol. The lowest BCUT2D eigenvalue weighted by atomic mass is 9.95. The summed E-state index contributed by atoms with van der Waals surface area (Å²) in [6.45, 7) is 2.75. The molecule has 26 heavy (non-hydrogen) atoms. The number of hydrogen-bond donors (Lipinski definition) is 1. The van der Waals surface area contributed by atoms with Crippen LogP contribution in [0.5, 0.6) is 0 Å². The van der Waals surface area contributed by atoms with Crippen LogP contribution in [0.3, 0.4) is 0 Å². The van der Waals surface area contributed by atoms with Gasteiger partial charge in [0.15, 0.2) is 0 Å². The molecule has 1 fully saturated rings. The maximum Gasteiger partial charge on any atom is 0.294 e. The molecule has 0 saturated carbocycles. The van der Waals surface area contributed by atoms with Gasteiger partial charge in [0.1, 0.15) is 6.61 Å². The van der Waals surface area contributed by atoms with Crippen molar-refractivity contribution < 1.29 is 15.0 Å². The molecule has 0 radical (unpaired) electrons. The molecule has 0 unspecified atom stereocenters. The molecule has 0 aliphatic carbocycles. The zero-order valence-corrected chi connectivity index (χ0v) is 16.2. The molecule has 0 amide bonds. The summed E-state index contributed by atoms with van der Waals surface area (Å²) in [7, 11) is 0. The van der Waals surface area contributed by atoms with E-state index in [-0.39, 0.29) is 6.61 Å². The summed E-state index contributed by atoms with van der Waals surface area (Å²) in [6.07, 6.45) is 1.85. The first-order valence-corrected chi connectivity index (χ1v) is 10.8. The first kappa shape index (κ1) is 19.4. The standard InChI is InChI=1S/C18H24N2O4S2/c21-16(13-25-10-9-24-20(22)23)12-19-7-5-14(6-8-19)18-11-15-3-1-2-4-17(15)26-18/h1-4,11,14,16,21H,5-10,12-13H2/t16-/m0/s1. The minimum atomic E-state index is -0.780. The van der Waals surface area contributed by atoms with E-state index >= 15 is 0 Å². The number of β-amino-alcohol motifs (C(OH)–C–C–N with tert-alkyl or cyclic N) is 1. The van der Waals surface area contributed by atoms with Crippen LogP contribution in [0.15, 0.2) is 30.3 Å². The number of fused-ring (bicyclic) bond motifs is 1. The second kappa shape index (κ2) is 9.55. The molecule has 1 aliphatic rings.